The van der Waals surface area contributed by atoms with Gasteiger partial charge in [-0.05, 0) is 43.5 Å². The number of rotatable bonds is 3. The van der Waals surface area contributed by atoms with Crippen molar-refractivity contribution in [2.75, 3.05) is 26.2 Å². The number of likely N-dealkylation sites (tertiary alicyclic amines) is 1. The predicted octanol–water partition coefficient (Wildman–Crippen LogP) is 3.04. The summed E-state index contributed by atoms with van der Waals surface area (Å²) in [4.78, 5) is 14.9. The van der Waals surface area contributed by atoms with Crippen molar-refractivity contribution in [3.05, 3.63) is 41.4 Å². The van der Waals surface area contributed by atoms with Crippen molar-refractivity contribution in [2.45, 2.75) is 42.7 Å². The smallest absolute Gasteiger partial charge is 0.245 e. The van der Waals surface area contributed by atoms with Crippen LogP contribution in [0.15, 0.2) is 41.3 Å². The Labute approximate surface area is 171 Å². The first-order chi connectivity index (χ1) is 13.4. The van der Waals surface area contributed by atoms with E-state index in [-0.39, 0.29) is 16.7 Å². The minimum atomic E-state index is -3.68. The van der Waals surface area contributed by atoms with E-state index >= 15 is 0 Å². The SMILES string of the molecule is O=C([C@H]1CC=CCC1)N1CCC2(CC1)OCCN2S(=O)(=O)c1ccc(Cl)cc1. The van der Waals surface area contributed by atoms with Crippen LogP contribution in [0, 0.1) is 5.92 Å². The summed E-state index contributed by atoms with van der Waals surface area (Å²) >= 11 is 5.90. The minimum absolute atomic E-state index is 0.0532. The standard InChI is InChI=1S/C20H25ClN2O4S/c21-17-6-8-18(9-7-17)28(25,26)23-14-15-27-20(23)10-12-22(13-11-20)19(24)16-4-2-1-3-5-16/h1-2,6-9,16H,3-5,10-15H2/t16-/m0/s1. The van der Waals surface area contributed by atoms with Crippen LogP contribution in [-0.2, 0) is 19.6 Å². The number of amides is 1. The van der Waals surface area contributed by atoms with Gasteiger partial charge in [-0.15, -0.1) is 0 Å². The molecule has 1 aliphatic carbocycles. The van der Waals surface area contributed by atoms with E-state index in [9.17, 15) is 13.2 Å². The number of hydrogen-bond acceptors (Lipinski definition) is 4. The highest BCUT2D eigenvalue weighted by atomic mass is 35.5. The predicted molar refractivity (Wildman–Crippen MR) is 106 cm³/mol. The summed E-state index contributed by atoms with van der Waals surface area (Å²) in [5.41, 5.74) is -0.859. The average molecular weight is 425 g/mol. The Morgan fingerprint density at radius 2 is 1.82 bits per heavy atom. The van der Waals surface area contributed by atoms with Crippen LogP contribution in [0.4, 0.5) is 0 Å². The molecule has 1 amide bonds. The van der Waals surface area contributed by atoms with Crippen LogP contribution in [0.5, 0.6) is 0 Å². The molecule has 0 aromatic heterocycles. The van der Waals surface area contributed by atoms with E-state index < -0.39 is 15.7 Å². The molecule has 2 aliphatic heterocycles. The van der Waals surface area contributed by atoms with Gasteiger partial charge in [0.2, 0.25) is 15.9 Å². The average Bonchev–Trinajstić information content (AvgIpc) is 3.13. The van der Waals surface area contributed by atoms with Gasteiger partial charge in [-0.3, -0.25) is 4.79 Å². The summed E-state index contributed by atoms with van der Waals surface area (Å²) in [5, 5.41) is 0.496. The van der Waals surface area contributed by atoms with Crippen LogP contribution >= 0.6 is 11.6 Å². The highest BCUT2D eigenvalue weighted by Gasteiger charge is 2.51. The molecule has 0 unspecified atom stereocenters. The minimum Gasteiger partial charge on any atom is -0.358 e. The molecule has 28 heavy (non-hydrogen) atoms. The van der Waals surface area contributed by atoms with Gasteiger partial charge in [-0.2, -0.15) is 4.31 Å². The van der Waals surface area contributed by atoms with E-state index in [1.165, 1.54) is 16.4 Å². The molecule has 8 heteroatoms. The maximum Gasteiger partial charge on any atom is 0.245 e. The number of hydrogen-bond donors (Lipinski definition) is 0. The molecule has 1 spiro atoms. The fourth-order valence-electron chi connectivity index (χ4n) is 4.41. The van der Waals surface area contributed by atoms with E-state index in [1.807, 2.05) is 4.90 Å². The number of nitrogens with zero attached hydrogens (tertiary/aromatic N) is 2. The van der Waals surface area contributed by atoms with Crippen molar-refractivity contribution in [1.82, 2.24) is 9.21 Å². The third-order valence-electron chi connectivity index (χ3n) is 6.00. The Kier molecular flexibility index (Phi) is 5.53. The van der Waals surface area contributed by atoms with Gasteiger partial charge in [0.1, 0.15) is 5.72 Å². The molecule has 2 fully saturated rings. The lowest BCUT2D eigenvalue weighted by Gasteiger charge is -2.43. The van der Waals surface area contributed by atoms with Crippen molar-refractivity contribution in [3.8, 4) is 0 Å². The summed E-state index contributed by atoms with van der Waals surface area (Å²) in [6, 6.07) is 6.22. The maximum absolute atomic E-state index is 13.2. The van der Waals surface area contributed by atoms with Crippen LogP contribution in [0.1, 0.15) is 32.1 Å². The second kappa shape index (κ2) is 7.78. The summed E-state index contributed by atoms with van der Waals surface area (Å²) < 4.78 is 33.8. The molecule has 6 nitrogen and oxygen atoms in total. The summed E-state index contributed by atoms with van der Waals surface area (Å²) in [5.74, 6) is 0.238. The molecule has 0 N–H and O–H groups in total. The first-order valence-electron chi connectivity index (χ1n) is 9.79. The maximum atomic E-state index is 13.2. The molecule has 4 rings (SSSR count). The monoisotopic (exact) mass is 424 g/mol. The van der Waals surface area contributed by atoms with Crippen LogP contribution < -0.4 is 0 Å². The van der Waals surface area contributed by atoms with Crippen LogP contribution in [0.2, 0.25) is 5.02 Å². The Morgan fingerprint density at radius 1 is 1.11 bits per heavy atom. The Balaban J connectivity index is 1.48. The number of halogens is 1. The van der Waals surface area contributed by atoms with Gasteiger partial charge in [0.15, 0.2) is 0 Å². The molecule has 3 aliphatic rings. The van der Waals surface area contributed by atoms with Crippen molar-refractivity contribution >= 4 is 27.5 Å². The number of ether oxygens (including phenoxy) is 1. The lowest BCUT2D eigenvalue weighted by Crippen LogP contribution is -2.56. The quantitative estimate of drug-likeness (QED) is 0.699. The third-order valence-corrected chi connectivity index (χ3v) is 8.21. The van der Waals surface area contributed by atoms with E-state index in [4.69, 9.17) is 16.3 Å². The van der Waals surface area contributed by atoms with E-state index in [0.717, 1.165) is 19.3 Å². The molecule has 1 aromatic carbocycles. The Morgan fingerprint density at radius 3 is 2.46 bits per heavy atom. The zero-order valence-corrected chi connectivity index (χ0v) is 17.3. The van der Waals surface area contributed by atoms with Crippen LogP contribution in [0.3, 0.4) is 0 Å². The largest absolute Gasteiger partial charge is 0.358 e. The van der Waals surface area contributed by atoms with Crippen LogP contribution in [-0.4, -0.2) is 55.5 Å². The highest BCUT2D eigenvalue weighted by molar-refractivity contribution is 7.89. The number of carbonyl (C=O) groups is 1. The van der Waals surface area contributed by atoms with Crippen molar-refractivity contribution in [3.63, 3.8) is 0 Å². The molecule has 2 heterocycles. The molecule has 1 atom stereocenters. The normalized spacial score (nSPS) is 25.3. The summed E-state index contributed by atoms with van der Waals surface area (Å²) in [7, 11) is -3.68. The zero-order valence-electron chi connectivity index (χ0n) is 15.7. The lowest BCUT2D eigenvalue weighted by molar-refractivity contribution is -0.144. The van der Waals surface area contributed by atoms with Crippen molar-refractivity contribution in [2.24, 2.45) is 5.92 Å². The number of allylic oxidation sites excluding steroid dienone is 2. The number of piperidine rings is 1. The molecular formula is C20H25ClN2O4S. The fourth-order valence-corrected chi connectivity index (χ4v) is 6.26. The van der Waals surface area contributed by atoms with Gasteiger partial charge in [0, 0.05) is 43.4 Å². The first kappa shape index (κ1) is 19.9. The highest BCUT2D eigenvalue weighted by Crippen LogP contribution is 2.39. The lowest BCUT2D eigenvalue weighted by atomic mass is 9.91. The van der Waals surface area contributed by atoms with E-state index in [0.29, 0.717) is 44.1 Å². The van der Waals surface area contributed by atoms with Crippen molar-refractivity contribution < 1.29 is 17.9 Å². The van der Waals surface area contributed by atoms with E-state index in [1.54, 1.807) is 12.1 Å². The molecule has 152 valence electrons. The molecular weight excluding hydrogens is 400 g/mol. The third kappa shape index (κ3) is 3.61. The van der Waals surface area contributed by atoms with Gasteiger partial charge < -0.3 is 9.64 Å². The molecule has 1 aromatic rings. The fraction of sp³-hybridized carbons (Fsp3) is 0.550. The number of carbonyl (C=O) groups excluding carboxylic acids is 1. The van der Waals surface area contributed by atoms with Gasteiger partial charge >= 0.3 is 0 Å². The van der Waals surface area contributed by atoms with Gasteiger partial charge in [-0.25, -0.2) is 8.42 Å². The van der Waals surface area contributed by atoms with E-state index in [2.05, 4.69) is 12.2 Å². The van der Waals surface area contributed by atoms with Gasteiger partial charge in [0.25, 0.3) is 0 Å². The van der Waals surface area contributed by atoms with Crippen LogP contribution in [0.25, 0.3) is 0 Å². The Bertz CT molecular complexity index is 861. The summed E-state index contributed by atoms with van der Waals surface area (Å²) in [6.07, 6.45) is 7.84. The topological polar surface area (TPSA) is 66.9 Å². The van der Waals surface area contributed by atoms with Gasteiger partial charge in [0.05, 0.1) is 11.5 Å². The van der Waals surface area contributed by atoms with Gasteiger partial charge in [-0.1, -0.05) is 23.8 Å². The number of benzene rings is 1. The van der Waals surface area contributed by atoms with Crippen molar-refractivity contribution in [1.29, 1.82) is 0 Å². The zero-order chi connectivity index (χ0) is 19.8. The molecule has 0 saturated carbocycles. The summed E-state index contributed by atoms with van der Waals surface area (Å²) in [6.45, 7) is 1.73. The second-order valence-corrected chi connectivity index (χ2v) is 9.93. The molecule has 0 bridgehead atoms. The molecule has 2 saturated heterocycles. The number of sulfonamides is 1. The first-order valence-corrected chi connectivity index (χ1v) is 11.6. The second-order valence-electron chi connectivity index (χ2n) is 7.63. The Hall–Kier alpha value is -1.41. The molecule has 0 radical (unpaired) electrons.